The summed E-state index contributed by atoms with van der Waals surface area (Å²) in [5.41, 5.74) is 1.37. The van der Waals surface area contributed by atoms with E-state index in [4.69, 9.17) is 14.2 Å². The fourth-order valence-electron chi connectivity index (χ4n) is 3.88. The molecule has 2 aliphatic heterocycles. The van der Waals surface area contributed by atoms with Gasteiger partial charge >= 0.3 is 0 Å². The van der Waals surface area contributed by atoms with Gasteiger partial charge in [0, 0.05) is 32.7 Å². The molecule has 2 heterocycles. The van der Waals surface area contributed by atoms with E-state index in [-0.39, 0.29) is 11.5 Å². The molecular weight excluding hydrogens is 342 g/mol. The first-order valence-corrected chi connectivity index (χ1v) is 9.92. The fraction of sp³-hybridized carbons (Fsp3) is 0.667. The summed E-state index contributed by atoms with van der Waals surface area (Å²) in [6.07, 6.45) is 3.51. The van der Waals surface area contributed by atoms with Crippen LogP contribution in [-0.2, 0) is 11.2 Å². The summed E-state index contributed by atoms with van der Waals surface area (Å²) >= 11 is 0. The van der Waals surface area contributed by atoms with Crippen LogP contribution in [0, 0.1) is 11.3 Å². The molecule has 2 aliphatic rings. The van der Waals surface area contributed by atoms with Crippen LogP contribution >= 0.6 is 0 Å². The predicted molar refractivity (Wildman–Crippen MR) is 108 cm³/mol. The zero-order valence-corrected chi connectivity index (χ0v) is 17.0. The van der Waals surface area contributed by atoms with E-state index in [0.717, 1.165) is 50.0 Å². The molecule has 1 aromatic rings. The molecule has 3 rings (SSSR count). The molecule has 2 atom stereocenters. The molecule has 0 aliphatic carbocycles. The lowest BCUT2D eigenvalue weighted by Gasteiger charge is -2.40. The quantitative estimate of drug-likeness (QED) is 0.612. The van der Waals surface area contributed by atoms with Crippen LogP contribution in [0.25, 0.3) is 0 Å². The Kier molecular flexibility index (Phi) is 6.47. The molecular formula is C21H33N3O3. The Morgan fingerprint density at radius 3 is 2.78 bits per heavy atom. The summed E-state index contributed by atoms with van der Waals surface area (Å²) in [6, 6.07) is 6.10. The number of benzene rings is 1. The summed E-state index contributed by atoms with van der Waals surface area (Å²) in [4.78, 5) is 4.36. The average Bonchev–Trinajstić information content (AvgIpc) is 3.12. The van der Waals surface area contributed by atoms with Crippen LogP contribution in [0.15, 0.2) is 23.2 Å². The van der Waals surface area contributed by atoms with E-state index in [1.807, 2.05) is 19.2 Å². The first-order valence-electron chi connectivity index (χ1n) is 9.92. The van der Waals surface area contributed by atoms with Gasteiger partial charge in [0.2, 0.25) is 6.79 Å². The zero-order valence-electron chi connectivity index (χ0n) is 17.0. The molecule has 1 aromatic carbocycles. The number of rotatable bonds is 5. The second kappa shape index (κ2) is 8.83. The Labute approximate surface area is 162 Å². The van der Waals surface area contributed by atoms with Gasteiger partial charge < -0.3 is 24.8 Å². The predicted octanol–water partition coefficient (Wildman–Crippen LogP) is 2.96. The second-order valence-corrected chi connectivity index (χ2v) is 8.38. The third kappa shape index (κ3) is 5.28. The van der Waals surface area contributed by atoms with Gasteiger partial charge in [-0.2, -0.15) is 0 Å². The normalized spacial score (nSPS) is 22.6. The third-order valence-electron chi connectivity index (χ3n) is 5.20. The number of fused-ring (bicyclic) bond motifs is 1. The highest BCUT2D eigenvalue weighted by atomic mass is 16.7. The van der Waals surface area contributed by atoms with E-state index in [0.29, 0.717) is 12.7 Å². The van der Waals surface area contributed by atoms with Crippen molar-refractivity contribution < 1.29 is 14.2 Å². The average molecular weight is 376 g/mol. The molecule has 1 saturated heterocycles. The third-order valence-corrected chi connectivity index (χ3v) is 5.20. The maximum atomic E-state index is 6.07. The van der Waals surface area contributed by atoms with Crippen molar-refractivity contribution in [2.45, 2.75) is 46.1 Å². The topological polar surface area (TPSA) is 64.1 Å². The lowest BCUT2D eigenvalue weighted by atomic mass is 9.78. The fourth-order valence-corrected chi connectivity index (χ4v) is 3.88. The van der Waals surface area contributed by atoms with Gasteiger partial charge in [-0.15, -0.1) is 0 Å². The number of hydrogen-bond acceptors (Lipinski definition) is 4. The van der Waals surface area contributed by atoms with Crippen molar-refractivity contribution >= 4 is 5.96 Å². The highest BCUT2D eigenvalue weighted by molar-refractivity contribution is 5.79. The van der Waals surface area contributed by atoms with Crippen LogP contribution < -0.4 is 20.1 Å². The van der Waals surface area contributed by atoms with E-state index in [1.165, 1.54) is 12.0 Å². The first kappa shape index (κ1) is 19.8. The van der Waals surface area contributed by atoms with Gasteiger partial charge in [-0.25, -0.2) is 0 Å². The summed E-state index contributed by atoms with van der Waals surface area (Å²) in [7, 11) is 1.81. The monoisotopic (exact) mass is 375 g/mol. The van der Waals surface area contributed by atoms with Crippen molar-refractivity contribution in [3.8, 4) is 11.5 Å². The number of ether oxygens (including phenoxy) is 3. The van der Waals surface area contributed by atoms with Crippen molar-refractivity contribution in [1.29, 1.82) is 0 Å². The molecule has 2 unspecified atom stereocenters. The molecule has 0 amide bonds. The van der Waals surface area contributed by atoms with Crippen molar-refractivity contribution in [2.24, 2.45) is 16.3 Å². The SMILES string of the molecule is CN=C(NCCc1ccc2c(c1)OCO2)NCC1CCCOC1C(C)(C)C. The van der Waals surface area contributed by atoms with Crippen LogP contribution in [0.5, 0.6) is 11.5 Å². The number of nitrogens with zero attached hydrogens (tertiary/aromatic N) is 1. The van der Waals surface area contributed by atoms with E-state index in [2.05, 4.69) is 42.5 Å². The van der Waals surface area contributed by atoms with Gasteiger partial charge in [0.05, 0.1) is 6.10 Å². The van der Waals surface area contributed by atoms with Crippen LogP contribution in [0.2, 0.25) is 0 Å². The Morgan fingerprint density at radius 1 is 1.19 bits per heavy atom. The van der Waals surface area contributed by atoms with Gasteiger partial charge in [0.15, 0.2) is 17.5 Å². The molecule has 0 saturated carbocycles. The van der Waals surface area contributed by atoms with Crippen LogP contribution in [0.1, 0.15) is 39.2 Å². The molecule has 150 valence electrons. The minimum atomic E-state index is 0.156. The highest BCUT2D eigenvalue weighted by Gasteiger charge is 2.35. The van der Waals surface area contributed by atoms with E-state index in [1.54, 1.807) is 0 Å². The lowest BCUT2D eigenvalue weighted by Crippen LogP contribution is -2.47. The lowest BCUT2D eigenvalue weighted by molar-refractivity contribution is -0.0835. The van der Waals surface area contributed by atoms with Gasteiger partial charge in [-0.1, -0.05) is 26.8 Å². The molecule has 0 bridgehead atoms. The van der Waals surface area contributed by atoms with Gasteiger partial charge in [-0.05, 0) is 42.4 Å². The summed E-state index contributed by atoms with van der Waals surface area (Å²) < 4.78 is 16.9. The Hall–Kier alpha value is -1.95. The zero-order chi connectivity index (χ0) is 19.3. The number of nitrogens with one attached hydrogen (secondary N) is 2. The molecule has 2 N–H and O–H groups in total. The van der Waals surface area contributed by atoms with Crippen molar-refractivity contribution in [3.63, 3.8) is 0 Å². The second-order valence-electron chi connectivity index (χ2n) is 8.38. The van der Waals surface area contributed by atoms with Gasteiger partial charge in [-0.3, -0.25) is 4.99 Å². The standard InChI is InChI=1S/C21H33N3O3/c1-21(2,3)19-16(6-5-11-25-19)13-24-20(22-4)23-10-9-15-7-8-17-18(12-15)27-14-26-17/h7-8,12,16,19H,5-6,9-11,13-14H2,1-4H3,(H2,22,23,24). The number of hydrogen-bond donors (Lipinski definition) is 2. The van der Waals surface area contributed by atoms with Crippen LogP contribution in [-0.4, -0.2) is 45.6 Å². The Balaban J connectivity index is 1.45. The molecule has 0 spiro atoms. The molecule has 27 heavy (non-hydrogen) atoms. The molecule has 0 radical (unpaired) electrons. The van der Waals surface area contributed by atoms with Gasteiger partial charge in [0.25, 0.3) is 0 Å². The van der Waals surface area contributed by atoms with Crippen LogP contribution in [0.4, 0.5) is 0 Å². The van der Waals surface area contributed by atoms with Crippen molar-refractivity contribution in [1.82, 2.24) is 10.6 Å². The molecule has 1 fully saturated rings. The Bertz CT molecular complexity index is 655. The summed E-state index contributed by atoms with van der Waals surface area (Å²) in [5.74, 6) is 3.01. The molecule has 0 aromatic heterocycles. The largest absolute Gasteiger partial charge is 0.454 e. The van der Waals surface area contributed by atoms with E-state index in [9.17, 15) is 0 Å². The number of guanidine groups is 1. The number of aliphatic imine (C=N–C) groups is 1. The molecule has 6 nitrogen and oxygen atoms in total. The van der Waals surface area contributed by atoms with E-state index < -0.39 is 0 Å². The molecule has 6 heteroatoms. The van der Waals surface area contributed by atoms with Crippen molar-refractivity contribution in [3.05, 3.63) is 23.8 Å². The highest BCUT2D eigenvalue weighted by Crippen LogP contribution is 2.34. The van der Waals surface area contributed by atoms with Crippen LogP contribution in [0.3, 0.4) is 0 Å². The van der Waals surface area contributed by atoms with Crippen molar-refractivity contribution in [2.75, 3.05) is 33.5 Å². The summed E-state index contributed by atoms with van der Waals surface area (Å²) in [5, 5.41) is 6.89. The minimum absolute atomic E-state index is 0.156. The maximum Gasteiger partial charge on any atom is 0.231 e. The van der Waals surface area contributed by atoms with Gasteiger partial charge in [0.1, 0.15) is 0 Å². The smallest absolute Gasteiger partial charge is 0.231 e. The maximum absolute atomic E-state index is 6.07. The minimum Gasteiger partial charge on any atom is -0.454 e. The van der Waals surface area contributed by atoms with E-state index >= 15 is 0 Å². The Morgan fingerprint density at radius 2 is 2.00 bits per heavy atom. The summed E-state index contributed by atoms with van der Waals surface area (Å²) in [6.45, 7) is 9.65. The first-order chi connectivity index (χ1) is 13.0.